The van der Waals surface area contributed by atoms with Crippen LogP contribution >= 0.6 is 27.3 Å². The van der Waals surface area contributed by atoms with E-state index >= 15 is 0 Å². The van der Waals surface area contributed by atoms with Crippen LogP contribution in [-0.4, -0.2) is 22.1 Å². The van der Waals surface area contributed by atoms with Gasteiger partial charge < -0.3 is 15.5 Å². The zero-order chi connectivity index (χ0) is 14.0. The number of carbonyl (C=O) groups is 2. The molecule has 0 unspecified atom stereocenters. The molecule has 19 heavy (non-hydrogen) atoms. The summed E-state index contributed by atoms with van der Waals surface area (Å²) in [4.78, 5) is 22.7. The van der Waals surface area contributed by atoms with Gasteiger partial charge in [-0.15, -0.1) is 11.3 Å². The molecule has 0 aliphatic carbocycles. The van der Waals surface area contributed by atoms with E-state index in [1.165, 1.54) is 29.5 Å². The fraction of sp³-hybridized carbons (Fsp3) is 0. The van der Waals surface area contributed by atoms with E-state index in [-0.39, 0.29) is 17.2 Å². The molecule has 0 spiro atoms. The first-order chi connectivity index (χ1) is 8.97. The van der Waals surface area contributed by atoms with Crippen molar-refractivity contribution in [2.45, 2.75) is 0 Å². The van der Waals surface area contributed by atoms with Gasteiger partial charge in [-0.2, -0.15) is 0 Å². The van der Waals surface area contributed by atoms with Crippen LogP contribution in [0.2, 0.25) is 0 Å². The van der Waals surface area contributed by atoms with Crippen molar-refractivity contribution in [2.75, 3.05) is 5.32 Å². The zero-order valence-electron chi connectivity index (χ0n) is 9.38. The smallest absolute Gasteiger partial charge is 0.339 e. The van der Waals surface area contributed by atoms with Gasteiger partial charge in [-0.25, -0.2) is 4.79 Å². The lowest BCUT2D eigenvalue weighted by atomic mass is 10.1. The highest BCUT2D eigenvalue weighted by molar-refractivity contribution is 9.11. The Kier molecular flexibility index (Phi) is 3.87. The average Bonchev–Trinajstić information content (AvgIpc) is 2.78. The lowest BCUT2D eigenvalue weighted by Gasteiger charge is -2.06. The molecular weight excluding hydrogens is 334 g/mol. The van der Waals surface area contributed by atoms with Crippen LogP contribution in [0.1, 0.15) is 20.7 Å². The molecule has 1 amide bonds. The maximum Gasteiger partial charge on any atom is 0.339 e. The number of carbonyl (C=O) groups excluding carboxylic acids is 1. The van der Waals surface area contributed by atoms with Crippen LogP contribution in [0.4, 0.5) is 5.69 Å². The molecule has 2 aromatic rings. The predicted molar refractivity (Wildman–Crippen MR) is 75.0 cm³/mol. The van der Waals surface area contributed by atoms with E-state index in [1.807, 2.05) is 0 Å². The maximum absolute atomic E-state index is 11.9. The molecule has 1 aromatic carbocycles. The van der Waals surface area contributed by atoms with E-state index in [2.05, 4.69) is 21.2 Å². The third kappa shape index (κ3) is 3.12. The quantitative estimate of drug-likeness (QED) is 0.748. The summed E-state index contributed by atoms with van der Waals surface area (Å²) in [5.41, 5.74) is 0.522. The molecule has 2 rings (SSSR count). The van der Waals surface area contributed by atoms with Crippen molar-refractivity contribution in [1.82, 2.24) is 0 Å². The fourth-order valence-electron chi connectivity index (χ4n) is 1.42. The summed E-state index contributed by atoms with van der Waals surface area (Å²) >= 11 is 4.63. The summed E-state index contributed by atoms with van der Waals surface area (Å²) in [5.74, 6) is -1.94. The Balaban J connectivity index is 2.22. The second-order valence-electron chi connectivity index (χ2n) is 3.63. The van der Waals surface area contributed by atoms with E-state index in [9.17, 15) is 14.7 Å². The minimum atomic E-state index is -1.26. The molecule has 98 valence electrons. The number of hydrogen-bond acceptors (Lipinski definition) is 4. The lowest BCUT2D eigenvalue weighted by molar-refractivity contribution is 0.0693. The molecule has 3 N–H and O–H groups in total. The normalized spacial score (nSPS) is 10.2. The summed E-state index contributed by atoms with van der Waals surface area (Å²) < 4.78 is 0.828. The molecule has 0 bridgehead atoms. The number of phenols is 1. The van der Waals surface area contributed by atoms with Crippen LogP contribution in [0.3, 0.4) is 0 Å². The summed E-state index contributed by atoms with van der Waals surface area (Å²) in [6, 6.07) is 5.53. The van der Waals surface area contributed by atoms with E-state index in [0.717, 1.165) is 3.79 Å². The second kappa shape index (κ2) is 5.41. The highest BCUT2D eigenvalue weighted by atomic mass is 79.9. The minimum Gasteiger partial charge on any atom is -0.507 e. The molecule has 0 saturated heterocycles. The largest absolute Gasteiger partial charge is 0.507 e. The average molecular weight is 342 g/mol. The molecule has 0 atom stereocenters. The van der Waals surface area contributed by atoms with Crippen molar-refractivity contribution in [2.24, 2.45) is 0 Å². The Hall–Kier alpha value is -1.86. The molecule has 7 heteroatoms. The third-order valence-electron chi connectivity index (χ3n) is 2.31. The van der Waals surface area contributed by atoms with Crippen LogP contribution in [0, 0.1) is 0 Å². The van der Waals surface area contributed by atoms with Gasteiger partial charge in [0.05, 0.1) is 9.35 Å². The van der Waals surface area contributed by atoms with Crippen LogP contribution in [-0.2, 0) is 0 Å². The first-order valence-corrected chi connectivity index (χ1v) is 6.76. The SMILES string of the molecule is O=C(Nc1ccc(O)c(C(=O)O)c1)c1csc(Br)c1. The number of halogens is 1. The predicted octanol–water partition coefficient (Wildman–Crippen LogP) is 3.17. The molecule has 1 heterocycles. The standard InChI is InChI=1S/C12H8BrNO4S/c13-10-3-6(5-19-10)11(16)14-7-1-2-9(15)8(4-7)12(17)18/h1-5,15H,(H,14,16)(H,17,18). The number of carboxylic acid groups (broad SMARTS) is 1. The number of rotatable bonds is 3. The highest BCUT2D eigenvalue weighted by Crippen LogP contribution is 2.24. The van der Waals surface area contributed by atoms with Gasteiger partial charge in [-0.3, -0.25) is 4.79 Å². The number of aromatic hydroxyl groups is 1. The highest BCUT2D eigenvalue weighted by Gasteiger charge is 2.13. The Labute approximate surface area is 120 Å². The van der Waals surface area contributed by atoms with Crippen molar-refractivity contribution in [3.8, 4) is 5.75 Å². The van der Waals surface area contributed by atoms with Crippen molar-refractivity contribution in [1.29, 1.82) is 0 Å². The minimum absolute atomic E-state index is 0.260. The van der Waals surface area contributed by atoms with Crippen LogP contribution in [0.25, 0.3) is 0 Å². The number of amides is 1. The van der Waals surface area contributed by atoms with E-state index in [1.54, 1.807) is 11.4 Å². The monoisotopic (exact) mass is 341 g/mol. The number of aromatic carboxylic acids is 1. The molecule has 0 fully saturated rings. The Morgan fingerprint density at radius 3 is 2.58 bits per heavy atom. The Morgan fingerprint density at radius 1 is 1.26 bits per heavy atom. The molecule has 0 aliphatic heterocycles. The zero-order valence-corrected chi connectivity index (χ0v) is 11.8. The summed E-state index contributed by atoms with van der Waals surface area (Å²) in [5, 5.41) is 22.5. The van der Waals surface area contributed by atoms with Crippen LogP contribution in [0.5, 0.6) is 5.75 Å². The maximum atomic E-state index is 11.9. The van der Waals surface area contributed by atoms with Gasteiger partial charge in [-0.05, 0) is 40.2 Å². The van der Waals surface area contributed by atoms with Crippen molar-refractivity contribution >= 4 is 44.8 Å². The number of nitrogens with one attached hydrogen (secondary N) is 1. The Bertz CT molecular complexity index is 653. The first kappa shape index (κ1) is 13.6. The van der Waals surface area contributed by atoms with Gasteiger partial charge in [0.15, 0.2) is 0 Å². The lowest BCUT2D eigenvalue weighted by Crippen LogP contribution is -2.11. The van der Waals surface area contributed by atoms with Crippen molar-refractivity contribution in [3.63, 3.8) is 0 Å². The van der Waals surface area contributed by atoms with Gasteiger partial charge >= 0.3 is 5.97 Å². The first-order valence-electron chi connectivity index (χ1n) is 5.09. The number of hydrogen-bond donors (Lipinski definition) is 3. The molecule has 0 radical (unpaired) electrons. The summed E-state index contributed by atoms with van der Waals surface area (Å²) in [6.07, 6.45) is 0. The number of thiophene rings is 1. The number of carboxylic acids is 1. The third-order valence-corrected chi connectivity index (χ3v) is 3.82. The summed E-state index contributed by atoms with van der Waals surface area (Å²) in [6.45, 7) is 0. The van der Waals surface area contributed by atoms with Gasteiger partial charge in [0.2, 0.25) is 0 Å². The van der Waals surface area contributed by atoms with Crippen LogP contribution < -0.4 is 5.32 Å². The van der Waals surface area contributed by atoms with Gasteiger partial charge in [-0.1, -0.05) is 0 Å². The summed E-state index contributed by atoms with van der Waals surface area (Å²) in [7, 11) is 0. The van der Waals surface area contributed by atoms with Crippen LogP contribution in [0.15, 0.2) is 33.4 Å². The van der Waals surface area contributed by atoms with Gasteiger partial charge in [0.1, 0.15) is 11.3 Å². The van der Waals surface area contributed by atoms with Gasteiger partial charge in [0, 0.05) is 11.1 Å². The molecule has 1 aromatic heterocycles. The van der Waals surface area contributed by atoms with E-state index in [0.29, 0.717) is 11.3 Å². The van der Waals surface area contributed by atoms with Gasteiger partial charge in [0.25, 0.3) is 5.91 Å². The second-order valence-corrected chi connectivity index (χ2v) is 5.92. The molecule has 0 aliphatic rings. The number of anilines is 1. The van der Waals surface area contributed by atoms with E-state index in [4.69, 9.17) is 5.11 Å². The van der Waals surface area contributed by atoms with E-state index < -0.39 is 5.97 Å². The fourth-order valence-corrected chi connectivity index (χ4v) is 2.55. The van der Waals surface area contributed by atoms with Crippen molar-refractivity contribution in [3.05, 3.63) is 44.6 Å². The number of benzene rings is 1. The topological polar surface area (TPSA) is 86.6 Å². The molecular formula is C12H8BrNO4S. The molecule has 5 nitrogen and oxygen atoms in total. The van der Waals surface area contributed by atoms with Crippen molar-refractivity contribution < 1.29 is 19.8 Å². The molecule has 0 saturated carbocycles. The Morgan fingerprint density at radius 2 is 2.00 bits per heavy atom.